The molecule has 3 aromatic rings. The number of amides is 1. The SMILES string of the molecule is CC(C)S(=O)(=O)c1ccc(CC(=O)N(Cc2ccsc2)Cc2ccco2)cc1. The number of nitrogens with zero attached hydrogens (tertiary/aromatic N) is 1. The van der Waals surface area contributed by atoms with E-state index in [1.165, 1.54) is 0 Å². The molecule has 0 bridgehead atoms. The number of benzene rings is 1. The van der Waals surface area contributed by atoms with Crippen LogP contribution in [0.1, 0.15) is 30.7 Å². The van der Waals surface area contributed by atoms with E-state index in [0.717, 1.165) is 16.9 Å². The molecule has 0 aliphatic carbocycles. The van der Waals surface area contributed by atoms with Crippen LogP contribution in [-0.4, -0.2) is 24.5 Å². The summed E-state index contributed by atoms with van der Waals surface area (Å²) in [5.41, 5.74) is 1.85. The van der Waals surface area contributed by atoms with Gasteiger partial charge in [-0.2, -0.15) is 11.3 Å². The van der Waals surface area contributed by atoms with Gasteiger partial charge in [0, 0.05) is 6.54 Å². The maximum atomic E-state index is 12.9. The van der Waals surface area contributed by atoms with E-state index >= 15 is 0 Å². The van der Waals surface area contributed by atoms with Gasteiger partial charge in [-0.25, -0.2) is 8.42 Å². The van der Waals surface area contributed by atoms with Crippen molar-refractivity contribution in [2.24, 2.45) is 0 Å². The number of carbonyl (C=O) groups is 1. The minimum Gasteiger partial charge on any atom is -0.467 e. The average Bonchev–Trinajstić information content (AvgIpc) is 3.35. The van der Waals surface area contributed by atoms with Crippen LogP contribution >= 0.6 is 11.3 Å². The maximum absolute atomic E-state index is 12.9. The molecule has 2 heterocycles. The molecule has 2 aromatic heterocycles. The summed E-state index contributed by atoms with van der Waals surface area (Å²) in [4.78, 5) is 15.0. The van der Waals surface area contributed by atoms with Crippen molar-refractivity contribution in [3.05, 3.63) is 76.4 Å². The minimum absolute atomic E-state index is 0.0398. The molecule has 0 spiro atoms. The van der Waals surface area contributed by atoms with Crippen molar-refractivity contribution >= 4 is 27.1 Å². The molecule has 0 N–H and O–H groups in total. The number of hydrogen-bond acceptors (Lipinski definition) is 5. The Morgan fingerprint density at radius 1 is 1.07 bits per heavy atom. The van der Waals surface area contributed by atoms with Crippen LogP contribution in [0.2, 0.25) is 0 Å². The number of thiophene rings is 1. The van der Waals surface area contributed by atoms with E-state index in [1.54, 1.807) is 66.7 Å². The summed E-state index contributed by atoms with van der Waals surface area (Å²) in [7, 11) is -3.31. The third kappa shape index (κ3) is 4.91. The molecule has 7 heteroatoms. The first-order chi connectivity index (χ1) is 13.4. The van der Waals surface area contributed by atoms with Gasteiger partial charge in [0.15, 0.2) is 9.84 Å². The first-order valence-corrected chi connectivity index (χ1v) is 11.5. The van der Waals surface area contributed by atoms with Crippen LogP contribution < -0.4 is 0 Å². The number of sulfone groups is 1. The fourth-order valence-corrected chi connectivity index (χ4v) is 4.50. The van der Waals surface area contributed by atoms with Crippen molar-refractivity contribution in [3.8, 4) is 0 Å². The van der Waals surface area contributed by atoms with E-state index in [9.17, 15) is 13.2 Å². The van der Waals surface area contributed by atoms with E-state index in [4.69, 9.17) is 4.42 Å². The Hall–Kier alpha value is -2.38. The van der Waals surface area contributed by atoms with Crippen molar-refractivity contribution in [2.75, 3.05) is 0 Å². The molecule has 1 aromatic carbocycles. The van der Waals surface area contributed by atoms with Crippen molar-refractivity contribution in [1.29, 1.82) is 0 Å². The summed E-state index contributed by atoms with van der Waals surface area (Å²) in [6.45, 7) is 4.21. The van der Waals surface area contributed by atoms with Gasteiger partial charge in [-0.15, -0.1) is 0 Å². The summed E-state index contributed by atoms with van der Waals surface area (Å²) in [6.07, 6.45) is 1.79. The average molecular weight is 418 g/mol. The summed E-state index contributed by atoms with van der Waals surface area (Å²) in [6, 6.07) is 12.2. The second-order valence-electron chi connectivity index (χ2n) is 6.88. The summed E-state index contributed by atoms with van der Waals surface area (Å²) >= 11 is 1.59. The van der Waals surface area contributed by atoms with E-state index in [-0.39, 0.29) is 17.2 Å². The Labute approximate surface area is 169 Å². The Balaban J connectivity index is 1.74. The fourth-order valence-electron chi connectivity index (χ4n) is 2.78. The second-order valence-corrected chi connectivity index (χ2v) is 10.2. The molecular formula is C21H23NO4S2. The van der Waals surface area contributed by atoms with Gasteiger partial charge >= 0.3 is 0 Å². The second kappa shape index (κ2) is 8.75. The molecule has 0 fully saturated rings. The predicted octanol–water partition coefficient (Wildman–Crippen LogP) is 4.29. The van der Waals surface area contributed by atoms with Gasteiger partial charge in [0.05, 0.1) is 29.4 Å². The van der Waals surface area contributed by atoms with Gasteiger partial charge < -0.3 is 9.32 Å². The van der Waals surface area contributed by atoms with Crippen molar-refractivity contribution in [3.63, 3.8) is 0 Å². The lowest BCUT2D eigenvalue weighted by atomic mass is 10.1. The normalized spacial score (nSPS) is 11.7. The molecule has 1 amide bonds. The van der Waals surface area contributed by atoms with Gasteiger partial charge in [0.25, 0.3) is 0 Å². The highest BCUT2D eigenvalue weighted by atomic mass is 32.2. The van der Waals surface area contributed by atoms with Gasteiger partial charge in [0.2, 0.25) is 5.91 Å². The first-order valence-electron chi connectivity index (χ1n) is 9.00. The monoisotopic (exact) mass is 417 g/mol. The van der Waals surface area contributed by atoms with Crippen LogP contribution in [-0.2, 0) is 34.1 Å². The zero-order valence-electron chi connectivity index (χ0n) is 15.9. The molecular weight excluding hydrogens is 394 g/mol. The lowest BCUT2D eigenvalue weighted by Gasteiger charge is -2.21. The molecule has 0 unspecified atom stereocenters. The quantitative estimate of drug-likeness (QED) is 0.548. The first kappa shape index (κ1) is 20.4. The zero-order chi connectivity index (χ0) is 20.1. The zero-order valence-corrected chi connectivity index (χ0v) is 17.5. The van der Waals surface area contributed by atoms with Gasteiger partial charge in [0.1, 0.15) is 5.76 Å². The molecule has 148 valence electrons. The molecule has 0 radical (unpaired) electrons. The molecule has 5 nitrogen and oxygen atoms in total. The van der Waals surface area contributed by atoms with E-state index in [0.29, 0.717) is 13.1 Å². The van der Waals surface area contributed by atoms with Crippen molar-refractivity contribution in [2.45, 2.75) is 43.5 Å². The highest BCUT2D eigenvalue weighted by molar-refractivity contribution is 7.92. The number of hydrogen-bond donors (Lipinski definition) is 0. The van der Waals surface area contributed by atoms with E-state index in [2.05, 4.69) is 0 Å². The standard InChI is InChI=1S/C21H23NO4S2/c1-16(2)28(24,25)20-7-5-17(6-8-20)12-21(23)22(13-18-9-11-27-15-18)14-19-4-3-10-26-19/h3-11,15-16H,12-14H2,1-2H3. The van der Waals surface area contributed by atoms with E-state index < -0.39 is 15.1 Å². The highest BCUT2D eigenvalue weighted by Gasteiger charge is 2.20. The summed E-state index contributed by atoms with van der Waals surface area (Å²) < 4.78 is 29.9. The Kier molecular flexibility index (Phi) is 6.36. The third-order valence-electron chi connectivity index (χ3n) is 4.46. The van der Waals surface area contributed by atoms with Crippen LogP contribution in [0.4, 0.5) is 0 Å². The molecule has 28 heavy (non-hydrogen) atoms. The Morgan fingerprint density at radius 2 is 1.82 bits per heavy atom. The molecule has 0 atom stereocenters. The smallest absolute Gasteiger partial charge is 0.227 e. The van der Waals surface area contributed by atoms with Gasteiger partial charge in [-0.3, -0.25) is 4.79 Å². The Bertz CT molecular complexity index is 953. The lowest BCUT2D eigenvalue weighted by molar-refractivity contribution is -0.132. The predicted molar refractivity (Wildman–Crippen MR) is 110 cm³/mol. The van der Waals surface area contributed by atoms with Gasteiger partial charge in [-0.05, 0) is 66.1 Å². The molecule has 3 rings (SSSR count). The lowest BCUT2D eigenvalue weighted by Crippen LogP contribution is -2.31. The number of rotatable bonds is 8. The summed E-state index contributed by atoms with van der Waals surface area (Å²) in [5.74, 6) is 0.684. The molecule has 0 aliphatic rings. The van der Waals surface area contributed by atoms with Crippen LogP contribution in [0.3, 0.4) is 0 Å². The number of furan rings is 1. The highest BCUT2D eigenvalue weighted by Crippen LogP contribution is 2.18. The Morgan fingerprint density at radius 3 is 2.39 bits per heavy atom. The van der Waals surface area contributed by atoms with Crippen molar-refractivity contribution in [1.82, 2.24) is 4.90 Å². The van der Waals surface area contributed by atoms with Gasteiger partial charge in [-0.1, -0.05) is 12.1 Å². The third-order valence-corrected chi connectivity index (χ3v) is 7.36. The van der Waals surface area contributed by atoms with Crippen LogP contribution in [0.25, 0.3) is 0 Å². The maximum Gasteiger partial charge on any atom is 0.227 e. The molecule has 0 saturated heterocycles. The van der Waals surface area contributed by atoms with Crippen molar-refractivity contribution < 1.29 is 17.6 Å². The van der Waals surface area contributed by atoms with Crippen LogP contribution in [0, 0.1) is 0 Å². The number of carbonyl (C=O) groups excluding carboxylic acids is 1. The topological polar surface area (TPSA) is 67.6 Å². The molecule has 0 aliphatic heterocycles. The van der Waals surface area contributed by atoms with Crippen LogP contribution in [0.15, 0.2) is 68.8 Å². The minimum atomic E-state index is -3.31. The largest absolute Gasteiger partial charge is 0.467 e. The summed E-state index contributed by atoms with van der Waals surface area (Å²) in [5, 5.41) is 3.53. The van der Waals surface area contributed by atoms with E-state index in [1.807, 2.05) is 22.9 Å². The fraction of sp³-hybridized carbons (Fsp3) is 0.286. The van der Waals surface area contributed by atoms with Crippen LogP contribution in [0.5, 0.6) is 0 Å². The molecule has 0 saturated carbocycles.